The first kappa shape index (κ1) is 13.5. The van der Waals surface area contributed by atoms with E-state index in [4.69, 9.17) is 11.5 Å². The second kappa shape index (κ2) is 5.88. The summed E-state index contributed by atoms with van der Waals surface area (Å²) < 4.78 is 0. The number of hydrogen-bond donors (Lipinski definition) is 3. The minimum Gasteiger partial charge on any atom is -0.368 e. The summed E-state index contributed by atoms with van der Waals surface area (Å²) in [5, 5.41) is 3.55. The Balaban J connectivity index is 1.64. The number of nitrogens with two attached hydrogens (primary N) is 2. The molecule has 1 atom stereocenters. The van der Waals surface area contributed by atoms with E-state index in [2.05, 4.69) is 25.2 Å². The monoisotopic (exact) mass is 277 g/mol. The highest BCUT2D eigenvalue weighted by atomic mass is 15.2. The van der Waals surface area contributed by atoms with Crippen molar-refractivity contribution in [3.63, 3.8) is 0 Å². The summed E-state index contributed by atoms with van der Waals surface area (Å²) in [5.41, 5.74) is 11.3. The number of rotatable bonds is 6. The average Bonchev–Trinajstić information content (AvgIpc) is 3.02. The molecule has 0 bridgehead atoms. The molecule has 5 N–H and O–H groups in total. The molecule has 1 saturated heterocycles. The topological polar surface area (TPSA) is 106 Å². The van der Waals surface area contributed by atoms with Crippen LogP contribution in [-0.2, 0) is 6.54 Å². The summed E-state index contributed by atoms with van der Waals surface area (Å²) in [5.74, 6) is 1.93. The molecule has 2 aliphatic rings. The summed E-state index contributed by atoms with van der Waals surface area (Å²) in [6, 6.07) is 0.588. The van der Waals surface area contributed by atoms with Crippen molar-refractivity contribution in [1.82, 2.24) is 25.2 Å². The highest BCUT2D eigenvalue weighted by Crippen LogP contribution is 2.30. The van der Waals surface area contributed by atoms with Gasteiger partial charge in [0.2, 0.25) is 11.9 Å². The average molecular weight is 277 g/mol. The van der Waals surface area contributed by atoms with Crippen LogP contribution in [0.25, 0.3) is 0 Å². The zero-order valence-corrected chi connectivity index (χ0v) is 11.8. The number of nitrogens with one attached hydrogen (secondary N) is 1. The molecule has 1 aromatic heterocycles. The normalized spacial score (nSPS) is 22.6. The van der Waals surface area contributed by atoms with Gasteiger partial charge in [0.1, 0.15) is 5.82 Å². The predicted molar refractivity (Wildman–Crippen MR) is 77.7 cm³/mol. The molecule has 1 aliphatic heterocycles. The molecule has 0 amide bonds. The van der Waals surface area contributed by atoms with Crippen molar-refractivity contribution >= 4 is 11.9 Å². The Hall–Kier alpha value is -1.47. The van der Waals surface area contributed by atoms with E-state index >= 15 is 0 Å². The van der Waals surface area contributed by atoms with Gasteiger partial charge in [0.15, 0.2) is 0 Å². The lowest BCUT2D eigenvalue weighted by atomic mass is 10.2. The van der Waals surface area contributed by atoms with E-state index in [0.717, 1.165) is 25.6 Å². The van der Waals surface area contributed by atoms with Gasteiger partial charge < -0.3 is 16.8 Å². The molecular weight excluding hydrogens is 254 g/mol. The summed E-state index contributed by atoms with van der Waals surface area (Å²) >= 11 is 0. The second-order valence-corrected chi connectivity index (χ2v) is 5.90. The lowest BCUT2D eigenvalue weighted by molar-refractivity contribution is 0.226. The van der Waals surface area contributed by atoms with E-state index in [1.165, 1.54) is 25.7 Å². The van der Waals surface area contributed by atoms with Gasteiger partial charge in [-0.15, -0.1) is 0 Å². The van der Waals surface area contributed by atoms with E-state index < -0.39 is 0 Å². The van der Waals surface area contributed by atoms with Crippen LogP contribution in [0.3, 0.4) is 0 Å². The fourth-order valence-corrected chi connectivity index (χ4v) is 2.82. The van der Waals surface area contributed by atoms with Crippen molar-refractivity contribution in [1.29, 1.82) is 0 Å². The molecule has 0 spiro atoms. The molecule has 20 heavy (non-hydrogen) atoms. The predicted octanol–water partition coefficient (Wildman–Crippen LogP) is 0.000000000000000278. The Morgan fingerprint density at radius 2 is 1.80 bits per heavy atom. The summed E-state index contributed by atoms with van der Waals surface area (Å²) in [4.78, 5) is 14.6. The van der Waals surface area contributed by atoms with Gasteiger partial charge in [-0.1, -0.05) is 0 Å². The highest BCUT2D eigenvalue weighted by molar-refractivity contribution is 5.25. The van der Waals surface area contributed by atoms with Crippen LogP contribution < -0.4 is 16.8 Å². The Kier molecular flexibility index (Phi) is 3.98. The fourth-order valence-electron chi connectivity index (χ4n) is 2.82. The molecule has 1 saturated carbocycles. The van der Waals surface area contributed by atoms with Gasteiger partial charge in [-0.05, 0) is 38.1 Å². The molecule has 110 valence electrons. The quantitative estimate of drug-likeness (QED) is 0.672. The third-order valence-electron chi connectivity index (χ3n) is 3.94. The van der Waals surface area contributed by atoms with E-state index in [9.17, 15) is 0 Å². The summed E-state index contributed by atoms with van der Waals surface area (Å²) in [7, 11) is 0. The van der Waals surface area contributed by atoms with Gasteiger partial charge >= 0.3 is 0 Å². The maximum atomic E-state index is 5.64. The van der Waals surface area contributed by atoms with Gasteiger partial charge in [-0.25, -0.2) is 0 Å². The van der Waals surface area contributed by atoms with Gasteiger partial charge in [-0.3, -0.25) is 4.90 Å². The Bertz CT molecular complexity index is 434. The molecule has 1 aromatic rings. The first-order chi connectivity index (χ1) is 9.69. The van der Waals surface area contributed by atoms with Crippen LogP contribution in [0.15, 0.2) is 0 Å². The molecular formula is C13H23N7. The molecule has 2 fully saturated rings. The third-order valence-corrected chi connectivity index (χ3v) is 3.94. The lowest BCUT2D eigenvalue weighted by Gasteiger charge is -2.25. The molecule has 7 nitrogen and oxygen atoms in total. The maximum absolute atomic E-state index is 5.64. The van der Waals surface area contributed by atoms with Crippen LogP contribution in [0.1, 0.15) is 31.5 Å². The number of nitrogen functional groups attached to an aromatic ring is 2. The molecule has 2 heterocycles. The molecule has 7 heteroatoms. The van der Waals surface area contributed by atoms with Crippen LogP contribution >= 0.6 is 0 Å². The molecule has 0 radical (unpaired) electrons. The Morgan fingerprint density at radius 3 is 2.40 bits per heavy atom. The van der Waals surface area contributed by atoms with Crippen LogP contribution in [0, 0.1) is 5.92 Å². The van der Waals surface area contributed by atoms with Crippen LogP contribution in [0.4, 0.5) is 11.9 Å². The zero-order valence-electron chi connectivity index (χ0n) is 11.8. The van der Waals surface area contributed by atoms with Gasteiger partial charge in [0.25, 0.3) is 0 Å². The number of hydrogen-bond acceptors (Lipinski definition) is 7. The first-order valence-corrected chi connectivity index (χ1v) is 7.40. The number of nitrogens with zero attached hydrogens (tertiary/aromatic N) is 4. The van der Waals surface area contributed by atoms with E-state index in [-0.39, 0.29) is 11.9 Å². The standard InChI is InChI=1S/C13H23N7/c14-12-17-11(18-13(15)19-12)8-20(6-9-3-4-9)7-10-2-1-5-16-10/h9-10,16H,1-8H2,(H4,14,15,17,18,19). The van der Waals surface area contributed by atoms with Crippen molar-refractivity contribution in [3.05, 3.63) is 5.82 Å². The third kappa shape index (κ3) is 3.77. The SMILES string of the molecule is Nc1nc(N)nc(CN(CC2CC2)CC2CCCN2)n1. The molecule has 1 aliphatic carbocycles. The Morgan fingerprint density at radius 1 is 1.05 bits per heavy atom. The Labute approximate surface area is 119 Å². The smallest absolute Gasteiger partial charge is 0.225 e. The van der Waals surface area contributed by atoms with E-state index in [1.807, 2.05) is 0 Å². The maximum Gasteiger partial charge on any atom is 0.225 e. The van der Waals surface area contributed by atoms with Gasteiger partial charge in [0, 0.05) is 19.1 Å². The second-order valence-electron chi connectivity index (χ2n) is 5.90. The van der Waals surface area contributed by atoms with Crippen LogP contribution in [0.2, 0.25) is 0 Å². The minimum atomic E-state index is 0.206. The van der Waals surface area contributed by atoms with Gasteiger partial charge in [-0.2, -0.15) is 15.0 Å². The van der Waals surface area contributed by atoms with Crippen molar-refractivity contribution in [2.75, 3.05) is 31.1 Å². The van der Waals surface area contributed by atoms with Crippen molar-refractivity contribution < 1.29 is 0 Å². The number of aromatic nitrogens is 3. The molecule has 0 aromatic carbocycles. The van der Waals surface area contributed by atoms with Crippen molar-refractivity contribution in [2.24, 2.45) is 5.92 Å². The van der Waals surface area contributed by atoms with Crippen molar-refractivity contribution in [2.45, 2.75) is 38.3 Å². The highest BCUT2D eigenvalue weighted by Gasteiger charge is 2.27. The van der Waals surface area contributed by atoms with E-state index in [1.54, 1.807) is 0 Å². The minimum absolute atomic E-state index is 0.206. The summed E-state index contributed by atoms with van der Waals surface area (Å²) in [6.07, 6.45) is 5.21. The van der Waals surface area contributed by atoms with Gasteiger partial charge in [0.05, 0.1) is 6.54 Å². The fraction of sp³-hybridized carbons (Fsp3) is 0.769. The summed E-state index contributed by atoms with van der Waals surface area (Å²) in [6.45, 7) is 3.99. The van der Waals surface area contributed by atoms with Crippen molar-refractivity contribution in [3.8, 4) is 0 Å². The van der Waals surface area contributed by atoms with Crippen LogP contribution in [-0.4, -0.2) is 45.5 Å². The zero-order chi connectivity index (χ0) is 13.9. The molecule has 1 unspecified atom stereocenters. The van der Waals surface area contributed by atoms with E-state index in [0.29, 0.717) is 18.4 Å². The lowest BCUT2D eigenvalue weighted by Crippen LogP contribution is -2.38. The molecule has 3 rings (SSSR count). The van der Waals surface area contributed by atoms with Crippen LogP contribution in [0.5, 0.6) is 0 Å². The number of anilines is 2. The first-order valence-electron chi connectivity index (χ1n) is 7.40. The largest absolute Gasteiger partial charge is 0.368 e.